The number of anilines is 1. The van der Waals surface area contributed by atoms with E-state index in [1.807, 2.05) is 12.1 Å². The summed E-state index contributed by atoms with van der Waals surface area (Å²) >= 11 is 0. The highest BCUT2D eigenvalue weighted by Gasteiger charge is 2.39. The van der Waals surface area contributed by atoms with Gasteiger partial charge in [-0.1, -0.05) is 42.5 Å². The van der Waals surface area contributed by atoms with Crippen molar-refractivity contribution in [3.05, 3.63) is 83.4 Å². The topological polar surface area (TPSA) is 59.6 Å². The molecule has 5 nitrogen and oxygen atoms in total. The average Bonchev–Trinajstić information content (AvgIpc) is 3.35. The van der Waals surface area contributed by atoms with Gasteiger partial charge in [-0.05, 0) is 59.4 Å². The third-order valence-corrected chi connectivity index (χ3v) is 6.90. The van der Waals surface area contributed by atoms with Crippen LogP contribution in [-0.4, -0.2) is 33.3 Å². The summed E-state index contributed by atoms with van der Waals surface area (Å²) in [5.41, 5.74) is 4.18. The first-order valence-electron chi connectivity index (χ1n) is 11.6. The van der Waals surface area contributed by atoms with Gasteiger partial charge < -0.3 is 20.1 Å². The smallest absolute Gasteiger partial charge is 0.251 e. The van der Waals surface area contributed by atoms with Crippen molar-refractivity contribution >= 4 is 22.4 Å². The second kappa shape index (κ2) is 9.28. The molecule has 5 rings (SSSR count). The lowest BCUT2D eigenvalue weighted by Gasteiger charge is -2.38. The van der Waals surface area contributed by atoms with Crippen LogP contribution in [0.15, 0.2) is 66.7 Å². The van der Waals surface area contributed by atoms with Gasteiger partial charge in [0.05, 0.1) is 13.2 Å². The fraction of sp³-hybridized carbons (Fsp3) is 0.321. The lowest BCUT2D eigenvalue weighted by Crippen LogP contribution is -2.30. The third kappa shape index (κ3) is 3.98. The number of amides is 1. The number of carbonyl (C=O) groups is 1. The van der Waals surface area contributed by atoms with E-state index in [2.05, 4.69) is 65.3 Å². The van der Waals surface area contributed by atoms with Crippen molar-refractivity contribution in [3.8, 4) is 5.75 Å². The maximum atomic E-state index is 12.7. The zero-order chi connectivity index (χ0) is 22.8. The molecule has 0 bridgehead atoms. The number of methoxy groups -OCH3 is 2. The van der Waals surface area contributed by atoms with Crippen LogP contribution >= 0.6 is 0 Å². The van der Waals surface area contributed by atoms with Gasteiger partial charge in [0.1, 0.15) is 5.75 Å². The molecule has 0 saturated heterocycles. The van der Waals surface area contributed by atoms with Crippen molar-refractivity contribution in [1.29, 1.82) is 0 Å². The summed E-state index contributed by atoms with van der Waals surface area (Å²) < 4.78 is 10.9. The molecule has 170 valence electrons. The Morgan fingerprint density at radius 2 is 2.00 bits per heavy atom. The van der Waals surface area contributed by atoms with E-state index in [0.29, 0.717) is 24.6 Å². The van der Waals surface area contributed by atoms with Gasteiger partial charge in [-0.15, -0.1) is 0 Å². The van der Waals surface area contributed by atoms with Crippen LogP contribution < -0.4 is 15.4 Å². The molecule has 0 radical (unpaired) electrons. The fourth-order valence-corrected chi connectivity index (χ4v) is 5.32. The van der Waals surface area contributed by atoms with Gasteiger partial charge in [0.2, 0.25) is 0 Å². The second-order valence-corrected chi connectivity index (χ2v) is 8.78. The Hall–Kier alpha value is -3.31. The number of rotatable bonds is 7. The highest BCUT2D eigenvalue weighted by atomic mass is 16.5. The first-order valence-corrected chi connectivity index (χ1v) is 11.6. The predicted octanol–water partition coefficient (Wildman–Crippen LogP) is 5.44. The molecule has 1 amide bonds. The lowest BCUT2D eigenvalue weighted by molar-refractivity contribution is 0.0948. The molecular formula is C28H30N2O3. The van der Waals surface area contributed by atoms with E-state index < -0.39 is 0 Å². The van der Waals surface area contributed by atoms with Gasteiger partial charge in [-0.2, -0.15) is 0 Å². The summed E-state index contributed by atoms with van der Waals surface area (Å²) in [5, 5.41) is 9.24. The first kappa shape index (κ1) is 21.5. The maximum Gasteiger partial charge on any atom is 0.251 e. The Labute approximate surface area is 194 Å². The average molecular weight is 443 g/mol. The number of hydrogen-bond donors (Lipinski definition) is 2. The van der Waals surface area contributed by atoms with Gasteiger partial charge in [-0.25, -0.2) is 0 Å². The number of carbonyl (C=O) groups excluding carboxylic acids is 1. The molecule has 0 fully saturated rings. The van der Waals surface area contributed by atoms with Crippen LogP contribution in [0.4, 0.5) is 5.69 Å². The Balaban J connectivity index is 1.50. The molecule has 3 unspecified atom stereocenters. The number of benzene rings is 3. The van der Waals surface area contributed by atoms with Crippen LogP contribution in [0.25, 0.3) is 10.8 Å². The van der Waals surface area contributed by atoms with Gasteiger partial charge in [0, 0.05) is 43.0 Å². The predicted molar refractivity (Wildman–Crippen MR) is 132 cm³/mol. The maximum absolute atomic E-state index is 12.7. The van der Waals surface area contributed by atoms with E-state index in [4.69, 9.17) is 9.47 Å². The lowest BCUT2D eigenvalue weighted by atomic mass is 9.75. The zero-order valence-electron chi connectivity index (χ0n) is 19.1. The van der Waals surface area contributed by atoms with E-state index in [1.54, 1.807) is 14.2 Å². The number of hydrogen-bond acceptors (Lipinski definition) is 4. The summed E-state index contributed by atoms with van der Waals surface area (Å²) in [6, 6.07) is 18.8. The molecule has 5 heteroatoms. The second-order valence-electron chi connectivity index (χ2n) is 8.78. The number of nitrogens with one attached hydrogen (secondary N) is 2. The van der Waals surface area contributed by atoms with Crippen molar-refractivity contribution in [1.82, 2.24) is 5.32 Å². The van der Waals surface area contributed by atoms with Gasteiger partial charge in [0.25, 0.3) is 5.91 Å². The van der Waals surface area contributed by atoms with Crippen molar-refractivity contribution in [3.63, 3.8) is 0 Å². The Morgan fingerprint density at radius 3 is 2.85 bits per heavy atom. The molecule has 33 heavy (non-hydrogen) atoms. The molecule has 3 aromatic carbocycles. The van der Waals surface area contributed by atoms with E-state index in [9.17, 15) is 4.79 Å². The van der Waals surface area contributed by atoms with Crippen LogP contribution in [-0.2, 0) is 4.74 Å². The normalized spacial score (nSPS) is 20.7. The van der Waals surface area contributed by atoms with Gasteiger partial charge in [0.15, 0.2) is 0 Å². The van der Waals surface area contributed by atoms with E-state index in [1.165, 1.54) is 21.9 Å². The monoisotopic (exact) mass is 442 g/mol. The molecule has 2 N–H and O–H groups in total. The molecule has 0 saturated carbocycles. The van der Waals surface area contributed by atoms with Crippen LogP contribution in [0.1, 0.15) is 46.3 Å². The molecule has 1 heterocycles. The zero-order valence-corrected chi connectivity index (χ0v) is 19.1. The Morgan fingerprint density at radius 1 is 1.12 bits per heavy atom. The van der Waals surface area contributed by atoms with Crippen LogP contribution in [0.2, 0.25) is 0 Å². The van der Waals surface area contributed by atoms with Gasteiger partial charge >= 0.3 is 0 Å². The molecule has 0 aromatic heterocycles. The highest BCUT2D eigenvalue weighted by molar-refractivity contribution is 5.95. The quantitative estimate of drug-likeness (QED) is 0.378. The minimum absolute atomic E-state index is 0.0368. The van der Waals surface area contributed by atoms with Crippen LogP contribution in [0.3, 0.4) is 0 Å². The minimum atomic E-state index is -0.0368. The summed E-state index contributed by atoms with van der Waals surface area (Å²) in [6.45, 7) is 1.25. The summed E-state index contributed by atoms with van der Waals surface area (Å²) in [6.07, 6.45) is 6.36. The summed E-state index contributed by atoms with van der Waals surface area (Å²) in [5.74, 6) is 1.49. The molecular weight excluding hydrogens is 412 g/mol. The van der Waals surface area contributed by atoms with Crippen molar-refractivity contribution in [2.75, 3.05) is 32.7 Å². The molecule has 1 aliphatic carbocycles. The van der Waals surface area contributed by atoms with Crippen molar-refractivity contribution in [2.24, 2.45) is 5.92 Å². The molecule has 1 aliphatic heterocycles. The largest absolute Gasteiger partial charge is 0.496 e. The van der Waals surface area contributed by atoms with Crippen LogP contribution in [0.5, 0.6) is 5.75 Å². The Bertz CT molecular complexity index is 1200. The molecule has 0 spiro atoms. The minimum Gasteiger partial charge on any atom is -0.496 e. The SMILES string of the molecule is COCCCNC(=O)c1ccc2c(c1)C1C=CCC1C(c1c(OC)ccc3ccccc13)N2. The number of ether oxygens (including phenoxy) is 2. The molecule has 3 atom stereocenters. The molecule has 3 aromatic rings. The fourth-order valence-electron chi connectivity index (χ4n) is 5.32. The first-order chi connectivity index (χ1) is 16.2. The van der Waals surface area contributed by atoms with E-state index in [0.717, 1.165) is 24.3 Å². The molecule has 2 aliphatic rings. The summed E-state index contributed by atoms with van der Waals surface area (Å²) in [7, 11) is 3.41. The van der Waals surface area contributed by atoms with Crippen molar-refractivity contribution < 1.29 is 14.3 Å². The highest BCUT2D eigenvalue weighted by Crippen LogP contribution is 2.52. The van der Waals surface area contributed by atoms with E-state index >= 15 is 0 Å². The van der Waals surface area contributed by atoms with Crippen molar-refractivity contribution in [2.45, 2.75) is 24.8 Å². The number of allylic oxidation sites excluding steroid dienone is 2. The summed E-state index contributed by atoms with van der Waals surface area (Å²) in [4.78, 5) is 12.7. The third-order valence-electron chi connectivity index (χ3n) is 6.90. The Kier molecular flexibility index (Phi) is 6.05. The number of fused-ring (bicyclic) bond motifs is 4. The standard InChI is InChI=1S/C28H30N2O3/c1-32-16-6-15-29-28(31)19-11-13-24-23(17-19)21-9-5-10-22(21)27(30-24)26-20-8-4-3-7-18(20)12-14-25(26)33-2/h3-5,7-9,11-14,17,21-22,27,30H,6,10,15-16H2,1-2H3,(H,29,31). The van der Waals surface area contributed by atoms with E-state index in [-0.39, 0.29) is 17.9 Å². The van der Waals surface area contributed by atoms with Crippen LogP contribution in [0, 0.1) is 5.92 Å². The van der Waals surface area contributed by atoms with Gasteiger partial charge in [-0.3, -0.25) is 4.79 Å².